The number of nitrogens with one attached hydrogen (secondary N) is 1. The van der Waals surface area contributed by atoms with Crippen molar-refractivity contribution in [1.29, 1.82) is 0 Å². The van der Waals surface area contributed by atoms with E-state index in [0.29, 0.717) is 6.04 Å². The van der Waals surface area contributed by atoms with Crippen molar-refractivity contribution in [3.8, 4) is 0 Å². The van der Waals surface area contributed by atoms with Crippen LogP contribution < -0.4 is 5.32 Å². The molecule has 2 rings (SSSR count). The van der Waals surface area contributed by atoms with Gasteiger partial charge in [-0.2, -0.15) is 23.1 Å². The van der Waals surface area contributed by atoms with Crippen LogP contribution in [0.2, 0.25) is 0 Å². The molecule has 1 aromatic rings. The van der Waals surface area contributed by atoms with Crippen LogP contribution in [0, 0.1) is 0 Å². The van der Waals surface area contributed by atoms with E-state index in [1.807, 2.05) is 0 Å². The van der Waals surface area contributed by atoms with Gasteiger partial charge in [-0.3, -0.25) is 0 Å². The van der Waals surface area contributed by atoms with Crippen LogP contribution >= 0.6 is 39.0 Å². The molecular weight excluding hydrogens is 314 g/mol. The van der Waals surface area contributed by atoms with Gasteiger partial charge in [0.25, 0.3) is 0 Å². The van der Waals surface area contributed by atoms with Crippen LogP contribution in [-0.2, 0) is 0 Å². The Hall–Kier alpha value is 0.490. The van der Waals surface area contributed by atoms with E-state index in [4.69, 9.17) is 0 Å². The molecular formula is C13H20BrNS2. The maximum absolute atomic E-state index is 3.74. The Bertz CT molecular complexity index is 334. The minimum absolute atomic E-state index is 0.529. The van der Waals surface area contributed by atoms with Crippen molar-refractivity contribution in [2.45, 2.75) is 43.9 Å². The van der Waals surface area contributed by atoms with Crippen molar-refractivity contribution in [1.82, 2.24) is 5.32 Å². The van der Waals surface area contributed by atoms with E-state index in [-0.39, 0.29) is 0 Å². The zero-order valence-electron chi connectivity index (χ0n) is 10.2. The normalized spacial score (nSPS) is 22.6. The number of hydrogen-bond acceptors (Lipinski definition) is 3. The lowest BCUT2D eigenvalue weighted by Gasteiger charge is -2.30. The Labute approximate surface area is 121 Å². The number of rotatable bonds is 5. The lowest BCUT2D eigenvalue weighted by Crippen LogP contribution is -2.32. The fourth-order valence-corrected chi connectivity index (χ4v) is 5.31. The quantitative estimate of drug-likeness (QED) is 0.827. The highest BCUT2D eigenvalue weighted by Gasteiger charge is 2.26. The first-order valence-corrected chi connectivity index (χ1v) is 9.18. The lowest BCUT2D eigenvalue weighted by molar-refractivity contribution is 0.479. The SMILES string of the molecule is CCCNC(c1cscc1Br)C1CCCCS1. The Morgan fingerprint density at radius 1 is 1.47 bits per heavy atom. The minimum atomic E-state index is 0.529. The molecule has 1 N–H and O–H groups in total. The number of thiophene rings is 1. The fraction of sp³-hybridized carbons (Fsp3) is 0.692. The minimum Gasteiger partial charge on any atom is -0.309 e. The van der Waals surface area contributed by atoms with Crippen molar-refractivity contribution < 1.29 is 0 Å². The number of hydrogen-bond donors (Lipinski definition) is 1. The van der Waals surface area contributed by atoms with Crippen molar-refractivity contribution in [3.63, 3.8) is 0 Å². The summed E-state index contributed by atoms with van der Waals surface area (Å²) in [6.45, 7) is 3.35. The zero-order chi connectivity index (χ0) is 12.1. The Morgan fingerprint density at radius 3 is 2.94 bits per heavy atom. The molecule has 2 unspecified atom stereocenters. The van der Waals surface area contributed by atoms with Crippen LogP contribution in [0.25, 0.3) is 0 Å². The molecule has 0 radical (unpaired) electrons. The summed E-state index contributed by atoms with van der Waals surface area (Å²) in [6.07, 6.45) is 5.35. The third kappa shape index (κ3) is 3.72. The second-order valence-electron chi connectivity index (χ2n) is 4.51. The lowest BCUT2D eigenvalue weighted by atomic mass is 10.0. The van der Waals surface area contributed by atoms with Crippen molar-refractivity contribution in [2.75, 3.05) is 12.3 Å². The molecule has 1 aliphatic heterocycles. The molecule has 0 amide bonds. The first-order chi connectivity index (χ1) is 8.33. The second kappa shape index (κ2) is 7.17. The third-order valence-electron chi connectivity index (χ3n) is 3.18. The molecule has 1 nitrogen and oxygen atoms in total. The molecule has 0 bridgehead atoms. The molecule has 0 spiro atoms. The largest absolute Gasteiger partial charge is 0.309 e. The van der Waals surface area contributed by atoms with Gasteiger partial charge in [0, 0.05) is 21.1 Å². The summed E-state index contributed by atoms with van der Waals surface area (Å²) in [7, 11) is 0. The van der Waals surface area contributed by atoms with Crippen LogP contribution in [-0.4, -0.2) is 17.5 Å². The van der Waals surface area contributed by atoms with Crippen molar-refractivity contribution in [3.05, 3.63) is 20.8 Å². The molecule has 1 aliphatic rings. The molecule has 0 aromatic carbocycles. The van der Waals surface area contributed by atoms with Gasteiger partial charge < -0.3 is 5.32 Å². The molecule has 17 heavy (non-hydrogen) atoms. The summed E-state index contributed by atoms with van der Waals surface area (Å²) >= 11 is 7.63. The van der Waals surface area contributed by atoms with E-state index in [9.17, 15) is 0 Å². The topological polar surface area (TPSA) is 12.0 Å². The van der Waals surface area contributed by atoms with Crippen LogP contribution in [0.15, 0.2) is 15.2 Å². The van der Waals surface area contributed by atoms with E-state index in [1.165, 1.54) is 41.5 Å². The summed E-state index contributed by atoms with van der Waals surface area (Å²) in [5, 5.41) is 8.99. The standard InChI is InChI=1S/C13H20BrNS2/c1-2-6-15-13(10-8-16-9-11(10)14)12-5-3-4-7-17-12/h8-9,12-13,15H,2-7H2,1H3. The number of thioether (sulfide) groups is 1. The van der Waals surface area contributed by atoms with E-state index in [0.717, 1.165) is 11.8 Å². The predicted molar refractivity (Wildman–Crippen MR) is 83.2 cm³/mol. The van der Waals surface area contributed by atoms with Gasteiger partial charge in [0.05, 0.1) is 0 Å². The van der Waals surface area contributed by atoms with Crippen LogP contribution in [0.1, 0.15) is 44.2 Å². The van der Waals surface area contributed by atoms with E-state index >= 15 is 0 Å². The van der Waals surface area contributed by atoms with Crippen LogP contribution in [0.5, 0.6) is 0 Å². The number of halogens is 1. The van der Waals surface area contributed by atoms with E-state index in [2.05, 4.69) is 50.7 Å². The van der Waals surface area contributed by atoms with E-state index in [1.54, 1.807) is 11.3 Å². The zero-order valence-corrected chi connectivity index (χ0v) is 13.5. The van der Waals surface area contributed by atoms with Gasteiger partial charge in [-0.05, 0) is 58.4 Å². The van der Waals surface area contributed by atoms with Gasteiger partial charge >= 0.3 is 0 Å². The molecule has 0 aliphatic carbocycles. The Morgan fingerprint density at radius 2 is 2.35 bits per heavy atom. The Balaban J connectivity index is 2.09. The predicted octanol–water partition coefficient (Wildman–Crippen LogP) is 4.84. The summed E-state index contributed by atoms with van der Waals surface area (Å²) in [5.41, 5.74) is 1.46. The third-order valence-corrected chi connectivity index (χ3v) is 6.39. The van der Waals surface area contributed by atoms with Crippen molar-refractivity contribution >= 4 is 39.0 Å². The van der Waals surface area contributed by atoms with Gasteiger partial charge in [-0.15, -0.1) is 0 Å². The molecule has 1 saturated heterocycles. The van der Waals surface area contributed by atoms with Crippen molar-refractivity contribution in [2.24, 2.45) is 0 Å². The van der Waals surface area contributed by atoms with Gasteiger partial charge in [0.15, 0.2) is 0 Å². The first kappa shape index (κ1) is 13.9. The van der Waals surface area contributed by atoms with Gasteiger partial charge in [0.1, 0.15) is 0 Å². The fourth-order valence-electron chi connectivity index (χ4n) is 2.28. The Kier molecular flexibility index (Phi) is 5.87. The molecule has 2 heterocycles. The summed E-state index contributed by atoms with van der Waals surface area (Å²) in [5.74, 6) is 1.33. The van der Waals surface area contributed by atoms with Gasteiger partial charge in [-0.1, -0.05) is 13.3 Å². The molecule has 2 atom stereocenters. The van der Waals surface area contributed by atoms with Crippen LogP contribution in [0.3, 0.4) is 0 Å². The summed E-state index contributed by atoms with van der Waals surface area (Å²) in [4.78, 5) is 0. The molecule has 1 aromatic heterocycles. The van der Waals surface area contributed by atoms with Gasteiger partial charge in [0.2, 0.25) is 0 Å². The first-order valence-electron chi connectivity index (χ1n) is 6.39. The average molecular weight is 334 g/mol. The van der Waals surface area contributed by atoms with Gasteiger partial charge in [-0.25, -0.2) is 0 Å². The highest BCUT2D eigenvalue weighted by atomic mass is 79.9. The summed E-state index contributed by atoms with van der Waals surface area (Å²) < 4.78 is 1.28. The monoisotopic (exact) mass is 333 g/mol. The maximum atomic E-state index is 3.74. The summed E-state index contributed by atoms with van der Waals surface area (Å²) in [6, 6.07) is 0.529. The highest BCUT2D eigenvalue weighted by Crippen LogP contribution is 2.38. The maximum Gasteiger partial charge on any atom is 0.0460 e. The second-order valence-corrected chi connectivity index (χ2v) is 7.46. The molecule has 4 heteroatoms. The molecule has 0 saturated carbocycles. The van der Waals surface area contributed by atoms with Crippen LogP contribution in [0.4, 0.5) is 0 Å². The average Bonchev–Trinajstić information content (AvgIpc) is 2.78. The molecule has 1 fully saturated rings. The van der Waals surface area contributed by atoms with E-state index < -0.39 is 0 Å². The molecule has 96 valence electrons. The highest BCUT2D eigenvalue weighted by molar-refractivity contribution is 9.10. The smallest absolute Gasteiger partial charge is 0.0460 e.